The molecule has 0 aromatic heterocycles. The van der Waals surface area contributed by atoms with Crippen molar-refractivity contribution in [3.8, 4) is 0 Å². The van der Waals surface area contributed by atoms with Gasteiger partial charge in [0.15, 0.2) is 0 Å². The van der Waals surface area contributed by atoms with E-state index < -0.39 is 0 Å². The Labute approximate surface area is 117 Å². The van der Waals surface area contributed by atoms with E-state index in [0.717, 1.165) is 22.1 Å². The Bertz CT molecular complexity index is 747. The van der Waals surface area contributed by atoms with Crippen molar-refractivity contribution in [2.24, 2.45) is 5.73 Å². The Hall–Kier alpha value is -2.19. The number of hydrogen-bond acceptors (Lipinski definition) is 1. The molecule has 3 rings (SSSR count). The van der Waals surface area contributed by atoms with Gasteiger partial charge in [0, 0.05) is 0 Å². The van der Waals surface area contributed by atoms with Gasteiger partial charge in [-0.3, -0.25) is 0 Å². The molecule has 3 aromatic carbocycles. The second kappa shape index (κ2) is 5.06. The minimum Gasteiger partial charge on any atom is -0.320 e. The maximum absolute atomic E-state index is 13.0. The van der Waals surface area contributed by atoms with Gasteiger partial charge in [-0.25, -0.2) is 4.39 Å². The summed E-state index contributed by atoms with van der Waals surface area (Å²) in [6, 6.07) is 18.5. The van der Waals surface area contributed by atoms with Crippen LogP contribution in [0.1, 0.15) is 22.7 Å². The van der Waals surface area contributed by atoms with Crippen molar-refractivity contribution >= 4 is 10.8 Å². The number of fused-ring (bicyclic) bond motifs is 1. The first-order chi connectivity index (χ1) is 9.66. The highest BCUT2D eigenvalue weighted by molar-refractivity contribution is 5.87. The van der Waals surface area contributed by atoms with Gasteiger partial charge < -0.3 is 5.73 Å². The zero-order valence-electron chi connectivity index (χ0n) is 11.3. The Morgan fingerprint density at radius 1 is 0.900 bits per heavy atom. The maximum Gasteiger partial charge on any atom is 0.123 e. The van der Waals surface area contributed by atoms with E-state index in [1.807, 2.05) is 12.1 Å². The molecule has 3 aromatic rings. The van der Waals surface area contributed by atoms with E-state index in [9.17, 15) is 4.39 Å². The summed E-state index contributed by atoms with van der Waals surface area (Å²) < 4.78 is 13.0. The molecular formula is C18H16FN. The lowest BCUT2D eigenvalue weighted by atomic mass is 9.91. The lowest BCUT2D eigenvalue weighted by Crippen LogP contribution is -2.13. The average Bonchev–Trinajstić information content (AvgIpc) is 2.47. The number of halogens is 1. The average molecular weight is 265 g/mol. The van der Waals surface area contributed by atoms with Crippen molar-refractivity contribution in [3.05, 3.63) is 83.2 Å². The van der Waals surface area contributed by atoms with Crippen molar-refractivity contribution in [1.82, 2.24) is 0 Å². The van der Waals surface area contributed by atoms with Crippen molar-refractivity contribution in [2.75, 3.05) is 0 Å². The molecule has 0 saturated heterocycles. The molecule has 0 fully saturated rings. The highest BCUT2D eigenvalue weighted by Gasteiger charge is 2.14. The zero-order chi connectivity index (χ0) is 14.1. The number of rotatable bonds is 2. The summed E-state index contributed by atoms with van der Waals surface area (Å²) in [6.07, 6.45) is 0. The molecule has 0 saturated carbocycles. The highest BCUT2D eigenvalue weighted by Crippen LogP contribution is 2.30. The lowest BCUT2D eigenvalue weighted by molar-refractivity contribution is 0.626. The van der Waals surface area contributed by atoms with Crippen molar-refractivity contribution in [3.63, 3.8) is 0 Å². The minimum atomic E-state index is -0.248. The van der Waals surface area contributed by atoms with Crippen LogP contribution in [0.3, 0.4) is 0 Å². The second-order valence-electron chi connectivity index (χ2n) is 5.05. The molecule has 2 N–H and O–H groups in total. The molecule has 0 spiro atoms. The third kappa shape index (κ3) is 2.19. The number of hydrogen-bond donors (Lipinski definition) is 1. The number of nitrogens with two attached hydrogens (primary N) is 1. The largest absolute Gasteiger partial charge is 0.320 e. The van der Waals surface area contributed by atoms with Gasteiger partial charge >= 0.3 is 0 Å². The SMILES string of the molecule is Cc1ccc2ccccc2c1C(N)c1ccc(F)cc1. The van der Waals surface area contributed by atoms with Crippen LogP contribution in [-0.4, -0.2) is 0 Å². The molecule has 2 heteroatoms. The van der Waals surface area contributed by atoms with Crippen LogP contribution in [0.4, 0.5) is 4.39 Å². The van der Waals surface area contributed by atoms with Gasteiger partial charge in [0.2, 0.25) is 0 Å². The van der Waals surface area contributed by atoms with Gasteiger partial charge in [-0.05, 0) is 46.5 Å². The van der Waals surface area contributed by atoms with E-state index >= 15 is 0 Å². The predicted octanol–water partition coefficient (Wildman–Crippen LogP) is 4.34. The van der Waals surface area contributed by atoms with Crippen LogP contribution in [0.5, 0.6) is 0 Å². The summed E-state index contributed by atoms with van der Waals surface area (Å²) in [5, 5.41) is 2.33. The fourth-order valence-corrected chi connectivity index (χ4v) is 2.65. The van der Waals surface area contributed by atoms with Crippen LogP contribution in [-0.2, 0) is 0 Å². The van der Waals surface area contributed by atoms with Gasteiger partial charge in [-0.1, -0.05) is 48.5 Å². The molecule has 0 aliphatic heterocycles. The lowest BCUT2D eigenvalue weighted by Gasteiger charge is -2.18. The van der Waals surface area contributed by atoms with E-state index in [1.54, 1.807) is 12.1 Å². The first kappa shape index (κ1) is 12.8. The predicted molar refractivity (Wildman–Crippen MR) is 81.1 cm³/mol. The van der Waals surface area contributed by atoms with E-state index in [-0.39, 0.29) is 11.9 Å². The monoisotopic (exact) mass is 265 g/mol. The second-order valence-corrected chi connectivity index (χ2v) is 5.05. The standard InChI is InChI=1S/C18H16FN/c1-12-6-7-13-4-2-3-5-16(13)17(12)18(20)14-8-10-15(19)11-9-14/h2-11,18H,20H2,1H3. The molecular weight excluding hydrogens is 249 g/mol. The molecule has 0 aliphatic carbocycles. The van der Waals surface area contributed by atoms with Crippen LogP contribution in [0.2, 0.25) is 0 Å². The Balaban J connectivity index is 2.18. The van der Waals surface area contributed by atoms with Crippen LogP contribution in [0.25, 0.3) is 10.8 Å². The Morgan fingerprint density at radius 2 is 1.60 bits per heavy atom. The normalized spacial score (nSPS) is 12.6. The van der Waals surface area contributed by atoms with Gasteiger partial charge in [0.1, 0.15) is 5.82 Å². The van der Waals surface area contributed by atoms with Crippen LogP contribution < -0.4 is 5.73 Å². The van der Waals surface area contributed by atoms with Crippen molar-refractivity contribution in [2.45, 2.75) is 13.0 Å². The first-order valence-electron chi connectivity index (χ1n) is 6.66. The summed E-state index contributed by atoms with van der Waals surface area (Å²) >= 11 is 0. The summed E-state index contributed by atoms with van der Waals surface area (Å²) in [4.78, 5) is 0. The Morgan fingerprint density at radius 3 is 2.35 bits per heavy atom. The van der Waals surface area contributed by atoms with Gasteiger partial charge in [-0.2, -0.15) is 0 Å². The summed E-state index contributed by atoms with van der Waals surface area (Å²) in [7, 11) is 0. The molecule has 1 atom stereocenters. The van der Waals surface area contributed by atoms with Crippen LogP contribution in [0.15, 0.2) is 60.7 Å². The fraction of sp³-hybridized carbons (Fsp3) is 0.111. The van der Waals surface area contributed by atoms with Crippen LogP contribution >= 0.6 is 0 Å². The highest BCUT2D eigenvalue weighted by atomic mass is 19.1. The summed E-state index contributed by atoms with van der Waals surface area (Å²) in [6.45, 7) is 2.06. The molecule has 0 aliphatic rings. The number of aryl methyl sites for hydroxylation is 1. The summed E-state index contributed by atoms with van der Waals surface area (Å²) in [5.74, 6) is -0.240. The third-order valence-electron chi connectivity index (χ3n) is 3.73. The fourth-order valence-electron chi connectivity index (χ4n) is 2.65. The Kier molecular flexibility index (Phi) is 3.25. The minimum absolute atomic E-state index is 0.240. The third-order valence-corrected chi connectivity index (χ3v) is 3.73. The van der Waals surface area contributed by atoms with Gasteiger partial charge in [0.05, 0.1) is 6.04 Å². The molecule has 0 heterocycles. The topological polar surface area (TPSA) is 26.0 Å². The van der Waals surface area contributed by atoms with E-state index in [1.165, 1.54) is 17.5 Å². The number of benzene rings is 3. The first-order valence-corrected chi connectivity index (χ1v) is 6.66. The molecule has 0 radical (unpaired) electrons. The van der Waals surface area contributed by atoms with E-state index in [2.05, 4.69) is 31.2 Å². The van der Waals surface area contributed by atoms with Crippen LogP contribution in [0, 0.1) is 12.7 Å². The molecule has 100 valence electrons. The van der Waals surface area contributed by atoms with E-state index in [4.69, 9.17) is 5.73 Å². The van der Waals surface area contributed by atoms with Crippen molar-refractivity contribution < 1.29 is 4.39 Å². The molecule has 0 bridgehead atoms. The molecule has 1 unspecified atom stereocenters. The molecule has 20 heavy (non-hydrogen) atoms. The van der Waals surface area contributed by atoms with Gasteiger partial charge in [0.25, 0.3) is 0 Å². The zero-order valence-corrected chi connectivity index (χ0v) is 11.3. The van der Waals surface area contributed by atoms with E-state index in [0.29, 0.717) is 0 Å². The smallest absolute Gasteiger partial charge is 0.123 e. The summed E-state index contributed by atoms with van der Waals surface area (Å²) in [5.41, 5.74) is 9.59. The maximum atomic E-state index is 13.0. The molecule has 0 amide bonds. The molecule has 1 nitrogen and oxygen atoms in total. The quantitative estimate of drug-likeness (QED) is 0.733. The van der Waals surface area contributed by atoms with Gasteiger partial charge in [-0.15, -0.1) is 0 Å². The van der Waals surface area contributed by atoms with Crippen molar-refractivity contribution in [1.29, 1.82) is 0 Å².